The Morgan fingerprint density at radius 2 is 2.15 bits per heavy atom. The van der Waals surface area contributed by atoms with Crippen molar-refractivity contribution in [1.82, 2.24) is 19.9 Å². The van der Waals surface area contributed by atoms with E-state index in [0.29, 0.717) is 5.52 Å². The second-order valence-electron chi connectivity index (χ2n) is 2.27. The lowest BCUT2D eigenvalue weighted by Gasteiger charge is -1.92. The molecule has 0 amide bonds. The first-order chi connectivity index (χ1) is 6.07. The van der Waals surface area contributed by atoms with Crippen LogP contribution in [-0.4, -0.2) is 32.9 Å². The number of imidazole rings is 1. The first kappa shape index (κ1) is 8.08. The number of nitrogens with zero attached hydrogens (tertiary/aromatic N) is 3. The molecule has 13 heavy (non-hydrogen) atoms. The molecule has 2 aromatic rings. The van der Waals surface area contributed by atoms with Crippen molar-refractivity contribution in [1.29, 1.82) is 0 Å². The largest absolute Gasteiger partial charge is 0.342 e. The average Bonchev–Trinajstić information content (AvgIpc) is 2.47. The molecule has 0 spiro atoms. The molecule has 0 saturated carbocycles. The van der Waals surface area contributed by atoms with Crippen LogP contribution in [0, 0.1) is 0 Å². The summed E-state index contributed by atoms with van der Waals surface area (Å²) in [5.41, 5.74) is 0.704. The Balaban J connectivity index is 2.75. The van der Waals surface area contributed by atoms with Crippen LogP contribution in [0.25, 0.3) is 11.2 Å². The van der Waals surface area contributed by atoms with Gasteiger partial charge in [-0.25, -0.2) is 9.97 Å². The van der Waals surface area contributed by atoms with Crippen LogP contribution < -0.4 is 0 Å². The zero-order chi connectivity index (χ0) is 9.47. The van der Waals surface area contributed by atoms with Crippen molar-refractivity contribution < 1.29 is 13.0 Å². The summed E-state index contributed by atoms with van der Waals surface area (Å²) >= 11 is 0. The molecule has 0 fully saturated rings. The quantitative estimate of drug-likeness (QED) is 0.478. The van der Waals surface area contributed by atoms with E-state index in [1.165, 1.54) is 12.5 Å². The van der Waals surface area contributed by atoms with Crippen LogP contribution >= 0.6 is 0 Å². The van der Waals surface area contributed by atoms with Gasteiger partial charge in [0.15, 0.2) is 5.65 Å². The van der Waals surface area contributed by atoms with E-state index in [-0.39, 0.29) is 5.65 Å². The molecule has 0 radical (unpaired) electrons. The topological polar surface area (TPSA) is 109 Å². The molecule has 2 aromatic heterocycles. The number of hydrogen-bond acceptors (Lipinski definition) is 5. The predicted molar refractivity (Wildman–Crippen MR) is 41.5 cm³/mol. The van der Waals surface area contributed by atoms with E-state index in [4.69, 9.17) is 4.55 Å². The molecule has 0 aromatic carbocycles. The van der Waals surface area contributed by atoms with Crippen LogP contribution in [0.1, 0.15) is 0 Å². The smallest absolute Gasteiger partial charge is 0.330 e. The first-order valence-electron chi connectivity index (χ1n) is 3.21. The van der Waals surface area contributed by atoms with E-state index in [2.05, 4.69) is 19.9 Å². The summed E-state index contributed by atoms with van der Waals surface area (Å²) in [5.74, 6) is 0. The fourth-order valence-electron chi connectivity index (χ4n) is 0.845. The number of aromatic nitrogens is 4. The molecule has 7 nitrogen and oxygen atoms in total. The lowest BCUT2D eigenvalue weighted by atomic mass is 10.6. The third-order valence-electron chi connectivity index (χ3n) is 1.38. The second-order valence-corrected chi connectivity index (χ2v) is 3.58. The Labute approximate surface area is 72.6 Å². The SMILES string of the molecule is O=S(=O)(O)c1ncc2[nH]cnc2n1. The van der Waals surface area contributed by atoms with Crippen molar-refractivity contribution in [3.05, 3.63) is 12.5 Å². The number of nitrogens with one attached hydrogen (secondary N) is 1. The molecule has 68 valence electrons. The standard InChI is InChI=1S/C5H4N4O3S/c10-13(11,12)5-6-1-3-4(9-5)8-2-7-3/h1-2H,(H,10,11,12)(H,6,7,8,9). The first-order valence-corrected chi connectivity index (χ1v) is 4.65. The summed E-state index contributed by atoms with van der Waals surface area (Å²) in [6.07, 6.45) is 2.59. The second kappa shape index (κ2) is 2.47. The Morgan fingerprint density at radius 1 is 1.38 bits per heavy atom. The van der Waals surface area contributed by atoms with Gasteiger partial charge in [-0.05, 0) is 0 Å². The summed E-state index contributed by atoms with van der Waals surface area (Å²) in [6.45, 7) is 0. The minimum absolute atomic E-state index is 0.197. The van der Waals surface area contributed by atoms with E-state index in [1.807, 2.05) is 0 Å². The van der Waals surface area contributed by atoms with Crippen LogP contribution in [0.2, 0.25) is 0 Å². The van der Waals surface area contributed by atoms with E-state index < -0.39 is 15.3 Å². The van der Waals surface area contributed by atoms with Gasteiger partial charge in [-0.2, -0.15) is 13.4 Å². The minimum Gasteiger partial charge on any atom is -0.342 e. The summed E-state index contributed by atoms with van der Waals surface area (Å²) in [5, 5.41) is -0.646. The molecule has 2 N–H and O–H groups in total. The lowest BCUT2D eigenvalue weighted by Crippen LogP contribution is -2.04. The van der Waals surface area contributed by atoms with E-state index in [0.717, 1.165) is 0 Å². The zero-order valence-electron chi connectivity index (χ0n) is 6.17. The van der Waals surface area contributed by atoms with Gasteiger partial charge in [0.25, 0.3) is 5.16 Å². The molecular formula is C5H4N4O3S. The van der Waals surface area contributed by atoms with Gasteiger partial charge >= 0.3 is 10.1 Å². The highest BCUT2D eigenvalue weighted by Crippen LogP contribution is 2.07. The molecule has 0 atom stereocenters. The van der Waals surface area contributed by atoms with Gasteiger partial charge in [0.05, 0.1) is 12.5 Å². The number of aromatic amines is 1. The van der Waals surface area contributed by atoms with Crippen LogP contribution in [0.5, 0.6) is 0 Å². The summed E-state index contributed by atoms with van der Waals surface area (Å²) in [7, 11) is -4.35. The Morgan fingerprint density at radius 3 is 2.85 bits per heavy atom. The number of H-pyrrole nitrogens is 1. The summed E-state index contributed by atoms with van der Waals surface area (Å²) < 4.78 is 29.8. The Hall–Kier alpha value is -1.54. The van der Waals surface area contributed by atoms with Gasteiger partial charge in [-0.3, -0.25) is 4.55 Å². The van der Waals surface area contributed by atoms with Crippen molar-refractivity contribution in [2.45, 2.75) is 5.16 Å². The van der Waals surface area contributed by atoms with Gasteiger partial charge in [0.2, 0.25) is 0 Å². The molecule has 0 aliphatic carbocycles. The maximum Gasteiger partial charge on any atom is 0.330 e. The predicted octanol–water partition coefficient (Wildman–Crippen LogP) is -0.400. The fourth-order valence-corrected chi connectivity index (χ4v) is 1.23. The van der Waals surface area contributed by atoms with Crippen LogP contribution in [0.15, 0.2) is 17.7 Å². The molecule has 8 heteroatoms. The third kappa shape index (κ3) is 1.36. The van der Waals surface area contributed by atoms with Crippen LogP contribution in [0.3, 0.4) is 0 Å². The zero-order valence-corrected chi connectivity index (χ0v) is 6.98. The van der Waals surface area contributed by atoms with Gasteiger partial charge in [-0.1, -0.05) is 0 Å². The molecule has 2 heterocycles. The van der Waals surface area contributed by atoms with Gasteiger partial charge in [-0.15, -0.1) is 0 Å². The average molecular weight is 200 g/mol. The summed E-state index contributed by atoms with van der Waals surface area (Å²) in [4.78, 5) is 13.3. The van der Waals surface area contributed by atoms with Crippen molar-refractivity contribution in [2.24, 2.45) is 0 Å². The third-order valence-corrected chi connectivity index (χ3v) is 2.04. The van der Waals surface area contributed by atoms with Crippen molar-refractivity contribution >= 4 is 21.3 Å². The highest BCUT2D eigenvalue weighted by Gasteiger charge is 2.14. The molecule has 0 aliphatic heterocycles. The fraction of sp³-hybridized carbons (Fsp3) is 0. The monoisotopic (exact) mass is 200 g/mol. The number of rotatable bonds is 1. The summed E-state index contributed by atoms with van der Waals surface area (Å²) in [6, 6.07) is 0. The molecule has 2 rings (SSSR count). The maximum absolute atomic E-state index is 10.6. The van der Waals surface area contributed by atoms with Crippen LogP contribution in [-0.2, 0) is 10.1 Å². The number of fused-ring (bicyclic) bond motifs is 1. The van der Waals surface area contributed by atoms with Crippen molar-refractivity contribution in [3.63, 3.8) is 0 Å². The van der Waals surface area contributed by atoms with Crippen molar-refractivity contribution in [2.75, 3.05) is 0 Å². The minimum atomic E-state index is -4.35. The molecule has 0 aliphatic rings. The molecule has 0 unspecified atom stereocenters. The van der Waals surface area contributed by atoms with E-state index >= 15 is 0 Å². The normalized spacial score (nSPS) is 12.1. The van der Waals surface area contributed by atoms with Crippen LogP contribution in [0.4, 0.5) is 0 Å². The van der Waals surface area contributed by atoms with Gasteiger partial charge in [0.1, 0.15) is 5.52 Å². The Kier molecular flexibility index (Phi) is 1.54. The highest BCUT2D eigenvalue weighted by atomic mass is 32.2. The van der Waals surface area contributed by atoms with Crippen molar-refractivity contribution in [3.8, 4) is 0 Å². The molecule has 0 saturated heterocycles. The van der Waals surface area contributed by atoms with Gasteiger partial charge in [0, 0.05) is 0 Å². The van der Waals surface area contributed by atoms with E-state index in [9.17, 15) is 8.42 Å². The number of hydrogen-bond donors (Lipinski definition) is 2. The Bertz CT molecular complexity index is 546. The molecule has 0 bridgehead atoms. The molecular weight excluding hydrogens is 196 g/mol. The lowest BCUT2D eigenvalue weighted by molar-refractivity contribution is 0.474. The highest BCUT2D eigenvalue weighted by molar-refractivity contribution is 7.85. The van der Waals surface area contributed by atoms with E-state index in [1.54, 1.807) is 0 Å². The maximum atomic E-state index is 10.6. The van der Waals surface area contributed by atoms with Gasteiger partial charge < -0.3 is 4.98 Å².